The van der Waals surface area contributed by atoms with E-state index in [0.717, 1.165) is 19.4 Å². The van der Waals surface area contributed by atoms with E-state index in [2.05, 4.69) is 23.3 Å². The highest BCUT2D eigenvalue weighted by Crippen LogP contribution is 2.25. The number of aromatic nitrogens is 1. The van der Waals surface area contributed by atoms with Gasteiger partial charge in [-0.15, -0.1) is 0 Å². The lowest BCUT2D eigenvalue weighted by Gasteiger charge is -2.30. The maximum Gasteiger partial charge on any atom is 0.416 e. The summed E-state index contributed by atoms with van der Waals surface area (Å²) >= 11 is 0. The molecule has 1 N–H and O–H groups in total. The van der Waals surface area contributed by atoms with Gasteiger partial charge in [0.25, 0.3) is 0 Å². The smallest absolute Gasteiger partial charge is 0.416 e. The molecule has 5 nitrogen and oxygen atoms in total. The van der Waals surface area contributed by atoms with Gasteiger partial charge < -0.3 is 10.1 Å². The van der Waals surface area contributed by atoms with Crippen molar-refractivity contribution >= 4 is 11.9 Å². The molecule has 2 rings (SSSR count). The van der Waals surface area contributed by atoms with Gasteiger partial charge >= 0.3 is 6.09 Å². The number of hydrogen-bond donors (Lipinski definition) is 1. The van der Waals surface area contributed by atoms with Gasteiger partial charge in [-0.1, -0.05) is 13.0 Å². The van der Waals surface area contributed by atoms with Crippen LogP contribution in [0.1, 0.15) is 65.5 Å². The SMILES string of the molecule is CC[C@@H](C)N(C(=O)OC(C)(C)C)c1ccc([C@H]2CCCN2)cn1. The minimum atomic E-state index is -0.517. The van der Waals surface area contributed by atoms with Crippen molar-refractivity contribution in [1.82, 2.24) is 10.3 Å². The van der Waals surface area contributed by atoms with Crippen LogP contribution in [0.3, 0.4) is 0 Å². The van der Waals surface area contributed by atoms with Gasteiger partial charge in [0.1, 0.15) is 11.4 Å². The number of amides is 1. The molecule has 0 spiro atoms. The summed E-state index contributed by atoms with van der Waals surface area (Å²) in [4.78, 5) is 18.7. The standard InChI is InChI=1S/C18H29N3O2/c1-6-13(2)21(17(22)23-18(3,4)5)16-10-9-14(12-20-16)15-8-7-11-19-15/h9-10,12-13,15,19H,6-8,11H2,1-5H3/t13-,15-/m1/s1. The monoisotopic (exact) mass is 319 g/mol. The van der Waals surface area contributed by atoms with Crippen LogP contribution in [0, 0.1) is 0 Å². The summed E-state index contributed by atoms with van der Waals surface area (Å²) in [5.41, 5.74) is 0.663. The molecule has 23 heavy (non-hydrogen) atoms. The Balaban J connectivity index is 2.19. The Morgan fingerprint density at radius 3 is 2.70 bits per heavy atom. The van der Waals surface area contributed by atoms with Gasteiger partial charge in [-0.05, 0) is 65.1 Å². The first kappa shape index (κ1) is 17.7. The number of hydrogen-bond acceptors (Lipinski definition) is 4. The highest BCUT2D eigenvalue weighted by atomic mass is 16.6. The number of nitrogens with one attached hydrogen (secondary N) is 1. The van der Waals surface area contributed by atoms with Crippen LogP contribution >= 0.6 is 0 Å². The lowest BCUT2D eigenvalue weighted by Crippen LogP contribution is -2.42. The van der Waals surface area contributed by atoms with E-state index in [1.807, 2.05) is 40.0 Å². The number of nitrogens with zero attached hydrogens (tertiary/aromatic N) is 2. The van der Waals surface area contributed by atoms with Crippen LogP contribution in [-0.2, 0) is 4.74 Å². The third-order valence-corrected chi connectivity index (χ3v) is 4.10. The Morgan fingerprint density at radius 2 is 2.22 bits per heavy atom. The molecule has 5 heteroatoms. The fraction of sp³-hybridized carbons (Fsp3) is 0.667. The van der Waals surface area contributed by atoms with Crippen molar-refractivity contribution in [3.63, 3.8) is 0 Å². The van der Waals surface area contributed by atoms with Crippen LogP contribution in [0.5, 0.6) is 0 Å². The Bertz CT molecular complexity index is 516. The second-order valence-electron chi connectivity index (χ2n) is 7.21. The van der Waals surface area contributed by atoms with E-state index in [1.54, 1.807) is 4.90 Å². The molecule has 0 aromatic carbocycles. The third kappa shape index (κ3) is 4.67. The van der Waals surface area contributed by atoms with Crippen LogP contribution in [-0.4, -0.2) is 29.3 Å². The number of pyridine rings is 1. The summed E-state index contributed by atoms with van der Waals surface area (Å²) in [6.07, 6.45) is 4.71. The van der Waals surface area contributed by atoms with Gasteiger partial charge in [0.2, 0.25) is 0 Å². The number of anilines is 1. The van der Waals surface area contributed by atoms with Gasteiger partial charge in [-0.3, -0.25) is 4.90 Å². The Morgan fingerprint density at radius 1 is 1.48 bits per heavy atom. The predicted octanol–water partition coefficient (Wildman–Crippen LogP) is 4.05. The number of rotatable bonds is 4. The fourth-order valence-electron chi connectivity index (χ4n) is 2.71. The maximum absolute atomic E-state index is 12.6. The van der Waals surface area contributed by atoms with Gasteiger partial charge in [0, 0.05) is 18.3 Å². The Labute approximate surface area is 139 Å². The summed E-state index contributed by atoms with van der Waals surface area (Å²) in [6.45, 7) is 10.8. The first-order chi connectivity index (χ1) is 10.8. The lowest BCUT2D eigenvalue weighted by atomic mass is 10.1. The molecule has 0 bridgehead atoms. The molecule has 1 fully saturated rings. The summed E-state index contributed by atoms with van der Waals surface area (Å²) in [5, 5.41) is 3.46. The molecule has 0 saturated carbocycles. The second-order valence-corrected chi connectivity index (χ2v) is 7.21. The van der Waals surface area contributed by atoms with Crippen molar-refractivity contribution < 1.29 is 9.53 Å². The van der Waals surface area contributed by atoms with Crippen LogP contribution in [0.2, 0.25) is 0 Å². The summed E-state index contributed by atoms with van der Waals surface area (Å²) in [6, 6.07) is 4.40. The number of ether oxygens (including phenoxy) is 1. The molecule has 0 aliphatic carbocycles. The second kappa shape index (κ2) is 7.30. The molecule has 1 aromatic rings. The van der Waals surface area contributed by atoms with Crippen molar-refractivity contribution in [2.45, 2.75) is 71.6 Å². The molecule has 1 saturated heterocycles. The van der Waals surface area contributed by atoms with E-state index in [0.29, 0.717) is 11.9 Å². The highest BCUT2D eigenvalue weighted by Gasteiger charge is 2.28. The zero-order chi connectivity index (χ0) is 17.0. The van der Waals surface area contributed by atoms with Crippen LogP contribution in [0.4, 0.5) is 10.6 Å². The van der Waals surface area contributed by atoms with E-state index in [4.69, 9.17) is 4.74 Å². The number of carbonyl (C=O) groups is 1. The Kier molecular flexibility index (Phi) is 5.63. The number of carbonyl (C=O) groups excluding carboxylic acids is 1. The lowest BCUT2D eigenvalue weighted by molar-refractivity contribution is 0.0566. The van der Waals surface area contributed by atoms with E-state index in [-0.39, 0.29) is 12.1 Å². The molecular formula is C18H29N3O2. The quantitative estimate of drug-likeness (QED) is 0.910. The van der Waals surface area contributed by atoms with E-state index < -0.39 is 5.60 Å². The van der Waals surface area contributed by atoms with Crippen molar-refractivity contribution in [3.05, 3.63) is 23.9 Å². The van der Waals surface area contributed by atoms with Gasteiger partial charge in [-0.2, -0.15) is 0 Å². The maximum atomic E-state index is 12.6. The molecule has 1 amide bonds. The summed E-state index contributed by atoms with van der Waals surface area (Å²) in [7, 11) is 0. The largest absolute Gasteiger partial charge is 0.443 e. The van der Waals surface area contributed by atoms with Crippen LogP contribution < -0.4 is 10.2 Å². The van der Waals surface area contributed by atoms with Crippen molar-refractivity contribution in [1.29, 1.82) is 0 Å². The van der Waals surface area contributed by atoms with Gasteiger partial charge in [0.05, 0.1) is 0 Å². The third-order valence-electron chi connectivity index (χ3n) is 4.10. The fourth-order valence-corrected chi connectivity index (χ4v) is 2.71. The van der Waals surface area contributed by atoms with E-state index in [1.165, 1.54) is 12.0 Å². The normalized spacial score (nSPS) is 19.4. The predicted molar refractivity (Wildman–Crippen MR) is 92.7 cm³/mol. The van der Waals surface area contributed by atoms with Crippen molar-refractivity contribution in [2.24, 2.45) is 0 Å². The van der Waals surface area contributed by atoms with Gasteiger partial charge in [-0.25, -0.2) is 9.78 Å². The van der Waals surface area contributed by atoms with Gasteiger partial charge in [0.15, 0.2) is 0 Å². The molecule has 1 aliphatic heterocycles. The molecule has 0 radical (unpaired) electrons. The summed E-state index contributed by atoms with van der Waals surface area (Å²) < 4.78 is 5.54. The van der Waals surface area contributed by atoms with Crippen LogP contribution in [0.25, 0.3) is 0 Å². The zero-order valence-electron chi connectivity index (χ0n) is 14.9. The van der Waals surface area contributed by atoms with E-state index >= 15 is 0 Å². The van der Waals surface area contributed by atoms with Crippen molar-refractivity contribution in [3.8, 4) is 0 Å². The molecule has 2 atom stereocenters. The molecule has 128 valence electrons. The average Bonchev–Trinajstić information content (AvgIpc) is 3.00. The average molecular weight is 319 g/mol. The van der Waals surface area contributed by atoms with Crippen molar-refractivity contribution in [2.75, 3.05) is 11.4 Å². The topological polar surface area (TPSA) is 54.5 Å². The minimum Gasteiger partial charge on any atom is -0.443 e. The molecule has 2 heterocycles. The highest BCUT2D eigenvalue weighted by molar-refractivity contribution is 5.87. The first-order valence-electron chi connectivity index (χ1n) is 8.53. The Hall–Kier alpha value is -1.62. The molecular weight excluding hydrogens is 290 g/mol. The van der Waals surface area contributed by atoms with E-state index in [9.17, 15) is 4.79 Å². The molecule has 0 unspecified atom stereocenters. The molecule has 1 aromatic heterocycles. The van der Waals surface area contributed by atoms with Crippen LogP contribution in [0.15, 0.2) is 18.3 Å². The minimum absolute atomic E-state index is 0.0350. The molecule has 1 aliphatic rings. The summed E-state index contributed by atoms with van der Waals surface area (Å²) in [5.74, 6) is 0.648. The first-order valence-corrected chi connectivity index (χ1v) is 8.53. The zero-order valence-corrected chi connectivity index (χ0v) is 14.9.